The minimum Gasteiger partial charge on any atom is -0.389 e. The summed E-state index contributed by atoms with van der Waals surface area (Å²) in [7, 11) is 0. The van der Waals surface area contributed by atoms with Crippen molar-refractivity contribution in [3.05, 3.63) is 35.1 Å². The Balaban J connectivity index is 2.49. The van der Waals surface area contributed by atoms with Crippen LogP contribution in [0.1, 0.15) is 31.9 Å². The molecule has 0 fully saturated rings. The monoisotopic (exact) mass is 239 g/mol. The summed E-state index contributed by atoms with van der Waals surface area (Å²) in [4.78, 5) is 0. The van der Waals surface area contributed by atoms with E-state index in [4.69, 9.17) is 0 Å². The summed E-state index contributed by atoms with van der Waals surface area (Å²) in [5.41, 5.74) is 0.819. The molecule has 0 aromatic heterocycles. The minimum absolute atomic E-state index is 0.181. The van der Waals surface area contributed by atoms with Crippen molar-refractivity contribution < 1.29 is 9.50 Å². The molecule has 1 atom stereocenters. The summed E-state index contributed by atoms with van der Waals surface area (Å²) in [5, 5.41) is 13.2. The van der Waals surface area contributed by atoms with E-state index in [1.54, 1.807) is 19.9 Å². The summed E-state index contributed by atoms with van der Waals surface area (Å²) in [6.07, 6.45) is 0. The van der Waals surface area contributed by atoms with Crippen LogP contribution in [0.25, 0.3) is 0 Å². The fourth-order valence-corrected chi connectivity index (χ4v) is 1.41. The Morgan fingerprint density at radius 1 is 1.41 bits per heavy atom. The predicted octanol–water partition coefficient (Wildman–Crippen LogP) is 2.63. The lowest BCUT2D eigenvalue weighted by atomic mass is 9.92. The third-order valence-corrected chi connectivity index (χ3v) is 3.29. The van der Waals surface area contributed by atoms with Gasteiger partial charge in [0.2, 0.25) is 0 Å². The van der Waals surface area contributed by atoms with Crippen molar-refractivity contribution in [1.82, 2.24) is 5.32 Å². The van der Waals surface area contributed by atoms with E-state index < -0.39 is 5.60 Å². The molecule has 0 amide bonds. The number of aryl methyl sites for hydroxylation is 1. The molecule has 17 heavy (non-hydrogen) atoms. The van der Waals surface area contributed by atoms with E-state index in [1.807, 2.05) is 19.9 Å². The lowest BCUT2D eigenvalue weighted by Gasteiger charge is -2.28. The SMILES string of the molecule is Cc1ccc(CNCC(C)(O)C(C)C)cc1F. The minimum atomic E-state index is -0.733. The molecule has 1 rings (SSSR count). The van der Waals surface area contributed by atoms with Crippen LogP contribution >= 0.6 is 0 Å². The highest BCUT2D eigenvalue weighted by Crippen LogP contribution is 2.15. The highest BCUT2D eigenvalue weighted by atomic mass is 19.1. The normalized spacial score (nSPS) is 15.0. The maximum absolute atomic E-state index is 13.3. The number of halogens is 1. The van der Waals surface area contributed by atoms with Crippen molar-refractivity contribution in [2.45, 2.75) is 39.8 Å². The molecule has 0 bridgehead atoms. The molecule has 1 aromatic rings. The van der Waals surface area contributed by atoms with E-state index in [9.17, 15) is 9.50 Å². The summed E-state index contributed by atoms with van der Waals surface area (Å²) in [5.74, 6) is 0.00433. The van der Waals surface area contributed by atoms with Gasteiger partial charge in [-0.2, -0.15) is 0 Å². The average molecular weight is 239 g/mol. The van der Waals surface area contributed by atoms with Gasteiger partial charge in [-0.3, -0.25) is 0 Å². The van der Waals surface area contributed by atoms with Crippen LogP contribution in [0, 0.1) is 18.7 Å². The second-order valence-corrected chi connectivity index (χ2v) is 5.20. The topological polar surface area (TPSA) is 32.3 Å². The molecule has 0 aliphatic carbocycles. The highest BCUT2D eigenvalue weighted by molar-refractivity contribution is 5.23. The van der Waals surface area contributed by atoms with Crippen molar-refractivity contribution in [2.75, 3.05) is 6.54 Å². The summed E-state index contributed by atoms with van der Waals surface area (Å²) in [6, 6.07) is 5.20. The first-order valence-electron chi connectivity index (χ1n) is 6.01. The van der Waals surface area contributed by atoms with Gasteiger partial charge < -0.3 is 10.4 Å². The molecule has 96 valence electrons. The van der Waals surface area contributed by atoms with Crippen LogP contribution in [-0.2, 0) is 6.54 Å². The number of benzene rings is 1. The molecular formula is C14H22FNO. The van der Waals surface area contributed by atoms with Gasteiger partial charge >= 0.3 is 0 Å². The number of nitrogens with one attached hydrogen (secondary N) is 1. The van der Waals surface area contributed by atoms with E-state index in [0.717, 1.165) is 5.56 Å². The number of hydrogen-bond donors (Lipinski definition) is 2. The first-order valence-corrected chi connectivity index (χ1v) is 6.01. The van der Waals surface area contributed by atoms with Crippen LogP contribution in [0.2, 0.25) is 0 Å². The van der Waals surface area contributed by atoms with Crippen molar-refractivity contribution in [3.63, 3.8) is 0 Å². The quantitative estimate of drug-likeness (QED) is 0.828. The van der Waals surface area contributed by atoms with E-state index in [0.29, 0.717) is 18.7 Å². The van der Waals surface area contributed by atoms with E-state index in [-0.39, 0.29) is 11.7 Å². The van der Waals surface area contributed by atoms with Gasteiger partial charge in [-0.1, -0.05) is 26.0 Å². The Kier molecular flexibility index (Phi) is 4.66. The molecule has 0 saturated heterocycles. The zero-order valence-electron chi connectivity index (χ0n) is 11.0. The maximum Gasteiger partial charge on any atom is 0.126 e. The molecule has 0 aliphatic heterocycles. The summed E-state index contributed by atoms with van der Waals surface area (Å²) < 4.78 is 13.3. The predicted molar refractivity (Wildman–Crippen MR) is 68.3 cm³/mol. The lowest BCUT2D eigenvalue weighted by Crippen LogP contribution is -2.41. The van der Waals surface area contributed by atoms with Gasteiger partial charge in [-0.05, 0) is 37.0 Å². The van der Waals surface area contributed by atoms with E-state index in [2.05, 4.69) is 5.32 Å². The lowest BCUT2D eigenvalue weighted by molar-refractivity contribution is 0.0140. The van der Waals surface area contributed by atoms with Gasteiger partial charge in [0.05, 0.1) is 5.60 Å². The van der Waals surface area contributed by atoms with Gasteiger partial charge in [-0.25, -0.2) is 4.39 Å². The average Bonchev–Trinajstić information content (AvgIpc) is 2.23. The summed E-state index contributed by atoms with van der Waals surface area (Å²) in [6.45, 7) is 8.58. The van der Waals surface area contributed by atoms with Crippen molar-refractivity contribution in [1.29, 1.82) is 0 Å². The molecule has 0 spiro atoms. The van der Waals surface area contributed by atoms with Gasteiger partial charge in [0, 0.05) is 13.1 Å². The zero-order valence-corrected chi connectivity index (χ0v) is 11.0. The van der Waals surface area contributed by atoms with Crippen LogP contribution in [0.4, 0.5) is 4.39 Å². The van der Waals surface area contributed by atoms with E-state index in [1.165, 1.54) is 6.07 Å². The molecular weight excluding hydrogens is 217 g/mol. The van der Waals surface area contributed by atoms with Crippen molar-refractivity contribution >= 4 is 0 Å². The van der Waals surface area contributed by atoms with Gasteiger partial charge in [0.25, 0.3) is 0 Å². The summed E-state index contributed by atoms with van der Waals surface area (Å²) >= 11 is 0. The molecule has 1 unspecified atom stereocenters. The molecule has 0 radical (unpaired) electrons. The van der Waals surface area contributed by atoms with Gasteiger partial charge in [0.15, 0.2) is 0 Å². The Morgan fingerprint density at radius 2 is 2.06 bits per heavy atom. The second kappa shape index (κ2) is 5.61. The zero-order chi connectivity index (χ0) is 13.1. The molecule has 0 aliphatic rings. The molecule has 2 N–H and O–H groups in total. The third-order valence-electron chi connectivity index (χ3n) is 3.29. The van der Waals surface area contributed by atoms with Crippen LogP contribution < -0.4 is 5.32 Å². The van der Waals surface area contributed by atoms with E-state index >= 15 is 0 Å². The third kappa shape index (κ3) is 4.10. The Hall–Kier alpha value is -0.930. The fourth-order valence-electron chi connectivity index (χ4n) is 1.41. The smallest absolute Gasteiger partial charge is 0.126 e. The fraction of sp³-hybridized carbons (Fsp3) is 0.571. The molecule has 0 heterocycles. The number of rotatable bonds is 5. The largest absolute Gasteiger partial charge is 0.389 e. The van der Waals surface area contributed by atoms with Crippen LogP contribution in [0.5, 0.6) is 0 Å². The molecule has 0 saturated carbocycles. The first-order chi connectivity index (χ1) is 7.83. The number of aliphatic hydroxyl groups is 1. The van der Waals surface area contributed by atoms with Crippen molar-refractivity contribution in [3.8, 4) is 0 Å². The Labute approximate surface area is 103 Å². The van der Waals surface area contributed by atoms with Crippen LogP contribution in [0.15, 0.2) is 18.2 Å². The Bertz CT molecular complexity index is 374. The Morgan fingerprint density at radius 3 is 2.59 bits per heavy atom. The van der Waals surface area contributed by atoms with Gasteiger partial charge in [0.1, 0.15) is 5.82 Å². The van der Waals surface area contributed by atoms with Crippen molar-refractivity contribution in [2.24, 2.45) is 5.92 Å². The highest BCUT2D eigenvalue weighted by Gasteiger charge is 2.23. The second-order valence-electron chi connectivity index (χ2n) is 5.20. The number of hydrogen-bond acceptors (Lipinski definition) is 2. The molecule has 1 aromatic carbocycles. The van der Waals surface area contributed by atoms with Crippen LogP contribution in [0.3, 0.4) is 0 Å². The van der Waals surface area contributed by atoms with Crippen LogP contribution in [-0.4, -0.2) is 17.3 Å². The molecule has 2 nitrogen and oxygen atoms in total. The molecule has 3 heteroatoms. The van der Waals surface area contributed by atoms with Gasteiger partial charge in [-0.15, -0.1) is 0 Å². The first kappa shape index (κ1) is 14.1. The maximum atomic E-state index is 13.3. The standard InChI is InChI=1S/C14H22FNO/c1-10(2)14(4,17)9-16-8-12-6-5-11(3)13(15)7-12/h5-7,10,16-17H,8-9H2,1-4H3.